The number of carbonyl (C=O) groups excluding carboxylic acids is 1. The Hall–Kier alpha value is -4.21. The Morgan fingerprint density at radius 2 is 1.91 bits per heavy atom. The second-order valence-corrected chi connectivity index (χ2v) is 7.92. The summed E-state index contributed by atoms with van der Waals surface area (Å²) in [5, 5.41) is 15.1. The Morgan fingerprint density at radius 1 is 1.11 bits per heavy atom. The molecule has 10 heteroatoms. The second-order valence-electron chi connectivity index (χ2n) is 7.92. The van der Waals surface area contributed by atoms with Crippen LogP contribution in [0.15, 0.2) is 60.9 Å². The van der Waals surface area contributed by atoms with Crippen molar-refractivity contribution in [2.24, 2.45) is 0 Å². The molecule has 0 spiro atoms. The van der Waals surface area contributed by atoms with Crippen molar-refractivity contribution >= 4 is 22.6 Å². The van der Waals surface area contributed by atoms with E-state index in [9.17, 15) is 23.1 Å². The fraction of sp³-hybridized carbons (Fsp3) is 0.200. The van der Waals surface area contributed by atoms with Gasteiger partial charge in [0.2, 0.25) is 0 Å². The highest BCUT2D eigenvalue weighted by molar-refractivity contribution is 5.96. The van der Waals surface area contributed by atoms with E-state index in [0.29, 0.717) is 39.5 Å². The van der Waals surface area contributed by atoms with Crippen molar-refractivity contribution in [1.82, 2.24) is 14.9 Å². The van der Waals surface area contributed by atoms with Crippen LogP contribution in [0.5, 0.6) is 17.2 Å². The molecule has 0 bridgehead atoms. The van der Waals surface area contributed by atoms with Gasteiger partial charge in [0.25, 0.3) is 5.91 Å². The molecule has 0 saturated heterocycles. The highest BCUT2D eigenvalue weighted by atomic mass is 19.4. The van der Waals surface area contributed by atoms with Gasteiger partial charge in [-0.3, -0.25) is 9.36 Å². The number of alkyl halides is 3. The summed E-state index contributed by atoms with van der Waals surface area (Å²) >= 11 is 0. The van der Waals surface area contributed by atoms with Gasteiger partial charge in [0.15, 0.2) is 0 Å². The van der Waals surface area contributed by atoms with E-state index in [0.717, 1.165) is 5.56 Å². The Morgan fingerprint density at radius 3 is 2.60 bits per heavy atom. The molecule has 0 saturated carbocycles. The lowest BCUT2D eigenvalue weighted by Crippen LogP contribution is -2.19. The molecule has 0 aliphatic carbocycles. The number of carbonyl (C=O) groups is 1. The predicted molar refractivity (Wildman–Crippen MR) is 127 cm³/mol. The molecule has 0 aliphatic heterocycles. The zero-order chi connectivity index (χ0) is 25.2. The van der Waals surface area contributed by atoms with Gasteiger partial charge in [-0.05, 0) is 42.8 Å². The fourth-order valence-corrected chi connectivity index (χ4v) is 3.70. The molecule has 0 aliphatic rings. The van der Waals surface area contributed by atoms with Crippen LogP contribution in [0.2, 0.25) is 0 Å². The largest absolute Gasteiger partial charge is 0.508 e. The number of phenols is 1. The maximum absolute atomic E-state index is 12.7. The van der Waals surface area contributed by atoms with Gasteiger partial charge in [0, 0.05) is 43.0 Å². The van der Waals surface area contributed by atoms with Crippen LogP contribution < -0.4 is 15.4 Å². The smallest absolute Gasteiger partial charge is 0.390 e. The molecule has 4 aromatic rings. The topological polar surface area (TPSA) is 88.4 Å². The zero-order valence-corrected chi connectivity index (χ0v) is 19.0. The van der Waals surface area contributed by atoms with Gasteiger partial charge >= 0.3 is 6.18 Å². The van der Waals surface area contributed by atoms with Crippen molar-refractivity contribution in [1.29, 1.82) is 0 Å². The number of benzene rings is 3. The number of fused-ring (bicyclic) bond motifs is 1. The monoisotopic (exact) mass is 484 g/mol. The van der Waals surface area contributed by atoms with Crippen LogP contribution in [-0.4, -0.2) is 40.3 Å². The molecule has 4 rings (SSSR count). The van der Waals surface area contributed by atoms with Crippen LogP contribution in [0.1, 0.15) is 22.3 Å². The van der Waals surface area contributed by atoms with Crippen molar-refractivity contribution < 1.29 is 27.8 Å². The summed E-state index contributed by atoms with van der Waals surface area (Å²) < 4.78 is 45.8. The van der Waals surface area contributed by atoms with Gasteiger partial charge in [-0.2, -0.15) is 13.2 Å². The van der Waals surface area contributed by atoms with Crippen molar-refractivity contribution in [3.8, 4) is 22.9 Å². The van der Waals surface area contributed by atoms with Crippen LogP contribution in [0.4, 0.5) is 18.9 Å². The highest BCUT2D eigenvalue weighted by Gasteiger charge is 2.26. The van der Waals surface area contributed by atoms with E-state index in [1.54, 1.807) is 54.3 Å². The number of aromatic hydroxyl groups is 1. The van der Waals surface area contributed by atoms with Crippen LogP contribution in [0, 0.1) is 6.92 Å². The van der Waals surface area contributed by atoms with Gasteiger partial charge in [-0.1, -0.05) is 6.07 Å². The average Bonchev–Trinajstić information content (AvgIpc) is 3.22. The zero-order valence-electron chi connectivity index (χ0n) is 19.0. The minimum absolute atomic E-state index is 0.0174. The lowest BCUT2D eigenvalue weighted by molar-refractivity contribution is -0.131. The lowest BCUT2D eigenvalue weighted by Gasteiger charge is -2.14. The molecule has 0 fully saturated rings. The van der Waals surface area contributed by atoms with Gasteiger partial charge in [-0.15, -0.1) is 0 Å². The van der Waals surface area contributed by atoms with Crippen LogP contribution in [0.25, 0.3) is 16.7 Å². The first-order chi connectivity index (χ1) is 16.6. The second kappa shape index (κ2) is 9.57. The molecule has 0 atom stereocenters. The number of hydrogen-bond acceptors (Lipinski definition) is 5. The maximum Gasteiger partial charge on any atom is 0.390 e. The van der Waals surface area contributed by atoms with E-state index in [4.69, 9.17) is 4.74 Å². The molecule has 0 radical (unpaired) electrons. The minimum Gasteiger partial charge on any atom is -0.508 e. The van der Waals surface area contributed by atoms with E-state index in [2.05, 4.69) is 15.6 Å². The summed E-state index contributed by atoms with van der Waals surface area (Å²) in [6.07, 6.45) is -3.75. The van der Waals surface area contributed by atoms with E-state index in [-0.39, 0.29) is 18.2 Å². The number of nitrogens with one attached hydrogen (secondary N) is 2. The van der Waals surface area contributed by atoms with Gasteiger partial charge < -0.3 is 20.5 Å². The first-order valence-electron chi connectivity index (χ1n) is 10.8. The quantitative estimate of drug-likeness (QED) is 0.320. The van der Waals surface area contributed by atoms with Crippen molar-refractivity contribution in [3.63, 3.8) is 0 Å². The van der Waals surface area contributed by atoms with Gasteiger partial charge in [0.05, 0.1) is 17.6 Å². The van der Waals surface area contributed by atoms with E-state index in [1.807, 2.05) is 13.0 Å². The third-order valence-electron chi connectivity index (χ3n) is 5.36. The van der Waals surface area contributed by atoms with Crippen LogP contribution in [-0.2, 0) is 0 Å². The maximum atomic E-state index is 12.7. The van der Waals surface area contributed by atoms with Crippen LogP contribution in [0.3, 0.4) is 0 Å². The number of hydrogen-bond donors (Lipinski definition) is 3. The number of ether oxygens (including phenoxy) is 1. The van der Waals surface area contributed by atoms with E-state index in [1.165, 1.54) is 12.1 Å². The van der Waals surface area contributed by atoms with Crippen molar-refractivity contribution in [2.45, 2.75) is 19.5 Å². The standard InChI is InChI=1S/C25H23F3N4O3/c1-15-10-16(6-7-20(15)24(34)29-2)32-14-31-23-21(30-9-8-25(26,27)28)12-19(13-22(23)32)35-18-5-3-4-17(33)11-18/h3-7,10-14,30,33H,8-9H2,1-2H3,(H,29,34). The molecule has 0 unspecified atom stereocenters. The minimum atomic E-state index is -4.30. The predicted octanol–water partition coefficient (Wildman–Crippen LogP) is 5.56. The summed E-state index contributed by atoms with van der Waals surface area (Å²) in [5.41, 5.74) is 3.42. The average molecular weight is 484 g/mol. The van der Waals surface area contributed by atoms with E-state index < -0.39 is 12.6 Å². The molecule has 3 aromatic carbocycles. The van der Waals surface area contributed by atoms with Gasteiger partial charge in [0.1, 0.15) is 29.1 Å². The molecule has 1 amide bonds. The number of nitrogens with zero attached hydrogens (tertiary/aromatic N) is 2. The molecule has 1 aromatic heterocycles. The number of aryl methyl sites for hydroxylation is 1. The summed E-state index contributed by atoms with van der Waals surface area (Å²) in [4.78, 5) is 16.5. The first kappa shape index (κ1) is 23.9. The number of phenolic OH excluding ortho intramolecular Hbond substituents is 1. The van der Waals surface area contributed by atoms with Crippen molar-refractivity contribution in [2.75, 3.05) is 18.9 Å². The molecule has 7 nitrogen and oxygen atoms in total. The molecular weight excluding hydrogens is 461 g/mol. The number of rotatable bonds is 7. The molecule has 1 heterocycles. The normalized spacial score (nSPS) is 11.5. The first-order valence-corrected chi connectivity index (χ1v) is 10.8. The summed E-state index contributed by atoms with van der Waals surface area (Å²) in [7, 11) is 1.56. The number of halogens is 3. The lowest BCUT2D eigenvalue weighted by atomic mass is 10.1. The Labute approximate surface area is 199 Å². The van der Waals surface area contributed by atoms with Crippen LogP contribution >= 0.6 is 0 Å². The number of amides is 1. The number of aromatic nitrogens is 2. The Kier molecular flexibility index (Phi) is 6.54. The third-order valence-corrected chi connectivity index (χ3v) is 5.36. The summed E-state index contributed by atoms with van der Waals surface area (Å²) in [6, 6.07) is 14.8. The SMILES string of the molecule is CNC(=O)c1ccc(-n2cnc3c(NCCC(F)(F)F)cc(Oc4cccc(O)c4)cc32)cc1C. The number of anilines is 1. The molecular formula is C25H23F3N4O3. The van der Waals surface area contributed by atoms with Crippen molar-refractivity contribution in [3.05, 3.63) is 72.1 Å². The molecule has 182 valence electrons. The van der Waals surface area contributed by atoms with Gasteiger partial charge in [-0.25, -0.2) is 4.98 Å². The molecule has 3 N–H and O–H groups in total. The summed E-state index contributed by atoms with van der Waals surface area (Å²) in [5.74, 6) is 0.520. The highest BCUT2D eigenvalue weighted by Crippen LogP contribution is 2.34. The number of imidazole rings is 1. The summed E-state index contributed by atoms with van der Waals surface area (Å²) in [6.45, 7) is 1.48. The third kappa shape index (κ3) is 5.48. The van der Waals surface area contributed by atoms with E-state index >= 15 is 0 Å². The Bertz CT molecular complexity index is 1380. The molecule has 35 heavy (non-hydrogen) atoms. The Balaban J connectivity index is 1.77. The fourth-order valence-electron chi connectivity index (χ4n) is 3.70.